The number of carbonyl (C=O) groups is 1. The first-order chi connectivity index (χ1) is 9.60. The van der Waals surface area contributed by atoms with Gasteiger partial charge >= 0.3 is 0 Å². The lowest BCUT2D eigenvalue weighted by atomic mass is 10.2. The zero-order chi connectivity index (χ0) is 14.5. The van der Waals surface area contributed by atoms with Crippen molar-refractivity contribution in [1.82, 2.24) is 4.98 Å². The number of amides is 1. The van der Waals surface area contributed by atoms with Gasteiger partial charge in [-0.1, -0.05) is 19.1 Å². The normalized spacial score (nSPS) is 11.9. The van der Waals surface area contributed by atoms with Crippen molar-refractivity contribution in [1.29, 1.82) is 0 Å². The molecule has 1 aromatic carbocycles. The molecule has 2 aromatic rings. The van der Waals surface area contributed by atoms with Gasteiger partial charge in [-0.15, -0.1) is 11.3 Å². The Bertz CT molecular complexity index is 600. The molecule has 1 amide bonds. The zero-order valence-corrected chi connectivity index (χ0v) is 12.1. The SMILES string of the molecule is CC[C@H](Nc1ccccc1F)C(=O)Nc1nc(C)cs1. The summed E-state index contributed by atoms with van der Waals surface area (Å²) in [4.78, 5) is 16.3. The van der Waals surface area contributed by atoms with E-state index in [0.29, 0.717) is 17.2 Å². The first-order valence-corrected chi connectivity index (χ1v) is 7.22. The zero-order valence-electron chi connectivity index (χ0n) is 11.3. The molecule has 0 aliphatic heterocycles. The smallest absolute Gasteiger partial charge is 0.248 e. The Kier molecular flexibility index (Phi) is 4.68. The van der Waals surface area contributed by atoms with Gasteiger partial charge in [-0.05, 0) is 25.5 Å². The number of nitrogens with one attached hydrogen (secondary N) is 2. The van der Waals surface area contributed by atoms with E-state index in [4.69, 9.17) is 0 Å². The Labute approximate surface area is 121 Å². The van der Waals surface area contributed by atoms with Crippen molar-refractivity contribution < 1.29 is 9.18 Å². The molecule has 0 saturated carbocycles. The minimum absolute atomic E-state index is 0.217. The van der Waals surface area contributed by atoms with Crippen molar-refractivity contribution in [2.24, 2.45) is 0 Å². The fourth-order valence-electron chi connectivity index (χ4n) is 1.72. The summed E-state index contributed by atoms with van der Waals surface area (Å²) in [5.74, 6) is -0.589. The third-order valence-electron chi connectivity index (χ3n) is 2.78. The molecule has 0 radical (unpaired) electrons. The van der Waals surface area contributed by atoms with Gasteiger partial charge in [0.1, 0.15) is 11.9 Å². The highest BCUT2D eigenvalue weighted by atomic mass is 32.1. The van der Waals surface area contributed by atoms with E-state index in [1.165, 1.54) is 17.4 Å². The fourth-order valence-corrected chi connectivity index (χ4v) is 2.41. The highest BCUT2D eigenvalue weighted by Crippen LogP contribution is 2.18. The summed E-state index contributed by atoms with van der Waals surface area (Å²) in [7, 11) is 0. The first-order valence-electron chi connectivity index (χ1n) is 6.34. The number of hydrogen-bond donors (Lipinski definition) is 2. The van der Waals surface area contributed by atoms with Crippen molar-refractivity contribution in [2.45, 2.75) is 26.3 Å². The topological polar surface area (TPSA) is 54.0 Å². The Morgan fingerprint density at radius 2 is 2.20 bits per heavy atom. The monoisotopic (exact) mass is 293 g/mol. The fraction of sp³-hybridized carbons (Fsp3) is 0.286. The number of hydrogen-bond acceptors (Lipinski definition) is 4. The van der Waals surface area contributed by atoms with Crippen molar-refractivity contribution in [3.63, 3.8) is 0 Å². The molecule has 1 atom stereocenters. The molecule has 0 bridgehead atoms. The molecule has 2 rings (SSSR count). The van der Waals surface area contributed by atoms with Crippen LogP contribution in [0.1, 0.15) is 19.0 Å². The van der Waals surface area contributed by atoms with Crippen molar-refractivity contribution >= 4 is 28.1 Å². The van der Waals surface area contributed by atoms with Crippen LogP contribution in [0.4, 0.5) is 15.2 Å². The molecule has 4 nitrogen and oxygen atoms in total. The summed E-state index contributed by atoms with van der Waals surface area (Å²) in [6, 6.07) is 5.80. The van der Waals surface area contributed by atoms with Crippen LogP contribution < -0.4 is 10.6 Å². The summed E-state index contributed by atoms with van der Waals surface area (Å²) in [6.45, 7) is 3.73. The van der Waals surface area contributed by atoms with Crippen LogP contribution >= 0.6 is 11.3 Å². The van der Waals surface area contributed by atoms with Gasteiger partial charge in [0.25, 0.3) is 0 Å². The van der Waals surface area contributed by atoms with Crippen LogP contribution in [-0.2, 0) is 4.79 Å². The lowest BCUT2D eigenvalue weighted by Crippen LogP contribution is -2.34. The van der Waals surface area contributed by atoms with E-state index in [9.17, 15) is 9.18 Å². The van der Waals surface area contributed by atoms with Gasteiger partial charge in [0.15, 0.2) is 5.13 Å². The van der Waals surface area contributed by atoms with Gasteiger partial charge in [-0.2, -0.15) is 0 Å². The van der Waals surface area contributed by atoms with Crippen LogP contribution in [0.25, 0.3) is 0 Å². The Morgan fingerprint density at radius 1 is 1.45 bits per heavy atom. The third-order valence-corrected chi connectivity index (χ3v) is 3.65. The molecule has 106 valence electrons. The molecule has 0 unspecified atom stereocenters. The molecule has 20 heavy (non-hydrogen) atoms. The van der Waals surface area contributed by atoms with Gasteiger partial charge in [0.05, 0.1) is 11.4 Å². The number of thiazole rings is 1. The number of aryl methyl sites for hydroxylation is 1. The van der Waals surface area contributed by atoms with Crippen molar-refractivity contribution in [3.05, 3.63) is 41.2 Å². The number of nitrogens with zero attached hydrogens (tertiary/aromatic N) is 1. The molecule has 0 saturated heterocycles. The third kappa shape index (κ3) is 3.54. The van der Waals surface area contributed by atoms with Gasteiger partial charge < -0.3 is 10.6 Å². The lowest BCUT2D eigenvalue weighted by Gasteiger charge is -2.17. The Hall–Kier alpha value is -1.95. The second-order valence-electron chi connectivity index (χ2n) is 4.37. The minimum atomic E-state index is -0.504. The minimum Gasteiger partial charge on any atom is -0.371 e. The number of halogens is 1. The number of carbonyl (C=O) groups excluding carboxylic acids is 1. The molecule has 0 spiro atoms. The van der Waals surface area contributed by atoms with Crippen LogP contribution in [0.15, 0.2) is 29.6 Å². The van der Waals surface area contributed by atoms with E-state index < -0.39 is 6.04 Å². The highest BCUT2D eigenvalue weighted by molar-refractivity contribution is 7.13. The highest BCUT2D eigenvalue weighted by Gasteiger charge is 2.18. The average molecular weight is 293 g/mol. The maximum Gasteiger partial charge on any atom is 0.248 e. The Morgan fingerprint density at radius 3 is 2.80 bits per heavy atom. The van der Waals surface area contributed by atoms with Crippen LogP contribution in [0, 0.1) is 12.7 Å². The molecular formula is C14H16FN3OS. The average Bonchev–Trinajstić information content (AvgIpc) is 2.83. The summed E-state index contributed by atoms with van der Waals surface area (Å²) in [6.07, 6.45) is 0.546. The van der Waals surface area contributed by atoms with Crippen LogP contribution in [0.2, 0.25) is 0 Å². The maximum atomic E-state index is 13.6. The molecule has 0 aliphatic carbocycles. The van der Waals surface area contributed by atoms with Gasteiger partial charge in [0.2, 0.25) is 5.91 Å². The quantitative estimate of drug-likeness (QED) is 0.888. The predicted octanol–water partition coefficient (Wildman–Crippen LogP) is 3.42. The molecular weight excluding hydrogens is 277 g/mol. The summed E-state index contributed by atoms with van der Waals surface area (Å²) in [5.41, 5.74) is 1.19. The van der Waals surface area contributed by atoms with Crippen LogP contribution in [0.3, 0.4) is 0 Å². The van der Waals surface area contributed by atoms with Crippen molar-refractivity contribution in [3.8, 4) is 0 Å². The van der Waals surface area contributed by atoms with E-state index >= 15 is 0 Å². The molecule has 0 aliphatic rings. The molecule has 1 aromatic heterocycles. The van der Waals surface area contributed by atoms with Gasteiger partial charge in [0, 0.05) is 5.38 Å². The second kappa shape index (κ2) is 6.47. The number of benzene rings is 1. The van der Waals surface area contributed by atoms with Gasteiger partial charge in [-0.3, -0.25) is 4.79 Å². The largest absolute Gasteiger partial charge is 0.371 e. The number of para-hydroxylation sites is 1. The number of anilines is 2. The summed E-state index contributed by atoms with van der Waals surface area (Å²) < 4.78 is 13.6. The summed E-state index contributed by atoms with van der Waals surface area (Å²) in [5, 5.41) is 8.07. The maximum absolute atomic E-state index is 13.6. The first kappa shape index (κ1) is 14.5. The number of aromatic nitrogens is 1. The van der Waals surface area contributed by atoms with Crippen LogP contribution in [0.5, 0.6) is 0 Å². The van der Waals surface area contributed by atoms with E-state index in [2.05, 4.69) is 15.6 Å². The summed E-state index contributed by atoms with van der Waals surface area (Å²) >= 11 is 1.37. The molecule has 1 heterocycles. The van der Waals surface area contributed by atoms with E-state index in [-0.39, 0.29) is 11.7 Å². The van der Waals surface area contributed by atoms with E-state index in [1.807, 2.05) is 19.2 Å². The van der Waals surface area contributed by atoms with Crippen molar-refractivity contribution in [2.75, 3.05) is 10.6 Å². The Balaban J connectivity index is 2.04. The molecule has 6 heteroatoms. The van der Waals surface area contributed by atoms with E-state index in [0.717, 1.165) is 5.69 Å². The van der Waals surface area contributed by atoms with E-state index in [1.54, 1.807) is 18.2 Å². The molecule has 2 N–H and O–H groups in total. The number of rotatable bonds is 5. The van der Waals surface area contributed by atoms with Gasteiger partial charge in [-0.25, -0.2) is 9.37 Å². The van der Waals surface area contributed by atoms with Crippen LogP contribution in [-0.4, -0.2) is 16.9 Å². The standard InChI is InChI=1S/C14H16FN3OS/c1-3-11(17-12-7-5-4-6-10(12)15)13(19)18-14-16-9(2)8-20-14/h4-8,11,17H,3H2,1-2H3,(H,16,18,19)/t11-/m0/s1. The molecule has 0 fully saturated rings. The predicted molar refractivity (Wildman–Crippen MR) is 79.6 cm³/mol. The second-order valence-corrected chi connectivity index (χ2v) is 5.23. The lowest BCUT2D eigenvalue weighted by molar-refractivity contribution is -0.116.